The van der Waals surface area contributed by atoms with Crippen molar-refractivity contribution in [1.82, 2.24) is 9.55 Å². The van der Waals surface area contributed by atoms with Gasteiger partial charge >= 0.3 is 0 Å². The molecule has 0 aliphatic carbocycles. The van der Waals surface area contributed by atoms with E-state index in [-0.39, 0.29) is 0 Å². The molecule has 0 aliphatic rings. The van der Waals surface area contributed by atoms with Gasteiger partial charge in [-0.2, -0.15) is 5.26 Å². The zero-order chi connectivity index (χ0) is 36.5. The number of nitrogens with zero attached hydrogens (tertiary/aromatic N) is 3. The van der Waals surface area contributed by atoms with Gasteiger partial charge in [0.2, 0.25) is 0 Å². The molecule has 0 saturated carbocycles. The zero-order valence-corrected chi connectivity index (χ0v) is 29.7. The van der Waals surface area contributed by atoms with Crippen molar-refractivity contribution in [1.29, 1.82) is 5.26 Å². The van der Waals surface area contributed by atoms with Crippen molar-refractivity contribution in [3.63, 3.8) is 0 Å². The number of rotatable bonds is 5. The Hall–Kier alpha value is -7.54. The van der Waals surface area contributed by atoms with Crippen LogP contribution in [-0.4, -0.2) is 9.55 Å². The molecule has 0 radical (unpaired) electrons. The number of pyridine rings is 1. The number of benzene rings is 9. The summed E-state index contributed by atoms with van der Waals surface area (Å²) in [6.45, 7) is 0. The maximum absolute atomic E-state index is 9.70. The monoisotopic (exact) mass is 697 g/mol. The van der Waals surface area contributed by atoms with Gasteiger partial charge in [0.05, 0.1) is 34.1 Å². The van der Waals surface area contributed by atoms with Gasteiger partial charge in [0.15, 0.2) is 0 Å². The Bertz CT molecular complexity index is 3300. The predicted molar refractivity (Wildman–Crippen MR) is 229 cm³/mol. The molecule has 2 heterocycles. The minimum absolute atomic E-state index is 0.654. The molecule has 2 aromatic heterocycles. The number of para-hydroxylation sites is 1. The predicted octanol–water partition coefficient (Wildman–Crippen LogP) is 13.6. The normalized spacial score (nSPS) is 11.6. The van der Waals surface area contributed by atoms with E-state index in [1.165, 1.54) is 48.8 Å². The summed E-state index contributed by atoms with van der Waals surface area (Å²) in [4.78, 5) is 5.14. The standard InChI is InChI=1S/C52H31N3/c53-32-33-14-24-43-44-27-23-39(31-50(44)55(49(43)30-33)40-10-5-2-6-11-40)34-15-17-35(18-16-34)41-25-19-37-22-29-46-42(26-20-38-21-28-45(41)51(37)52(38)46)48-13-7-12-47(54-48)36-8-3-1-4-9-36/h1-31H. The van der Waals surface area contributed by atoms with Crippen molar-refractivity contribution in [3.05, 3.63) is 194 Å². The van der Waals surface area contributed by atoms with Crippen molar-refractivity contribution in [2.24, 2.45) is 0 Å². The van der Waals surface area contributed by atoms with Crippen LogP contribution in [0, 0.1) is 11.3 Å². The van der Waals surface area contributed by atoms with Gasteiger partial charge in [-0.1, -0.05) is 146 Å². The van der Waals surface area contributed by atoms with Gasteiger partial charge in [-0.25, -0.2) is 4.98 Å². The van der Waals surface area contributed by atoms with Crippen molar-refractivity contribution in [2.45, 2.75) is 0 Å². The van der Waals surface area contributed by atoms with Gasteiger partial charge in [-0.15, -0.1) is 0 Å². The van der Waals surface area contributed by atoms with E-state index in [4.69, 9.17) is 4.98 Å². The fourth-order valence-electron chi connectivity index (χ4n) is 8.60. The smallest absolute Gasteiger partial charge is 0.0992 e. The molecule has 0 saturated heterocycles. The number of hydrogen-bond acceptors (Lipinski definition) is 2. The van der Waals surface area contributed by atoms with E-state index in [2.05, 4.69) is 174 Å². The summed E-state index contributed by atoms with van der Waals surface area (Å²) in [7, 11) is 0. The Kier molecular flexibility index (Phi) is 6.92. The van der Waals surface area contributed by atoms with E-state index in [9.17, 15) is 5.26 Å². The minimum atomic E-state index is 0.654. The highest BCUT2D eigenvalue weighted by molar-refractivity contribution is 6.27. The summed E-state index contributed by atoms with van der Waals surface area (Å²) >= 11 is 0. The molecule has 0 N–H and O–H groups in total. The van der Waals surface area contributed by atoms with E-state index < -0.39 is 0 Å². The van der Waals surface area contributed by atoms with Crippen LogP contribution in [0.1, 0.15) is 5.56 Å². The zero-order valence-electron chi connectivity index (χ0n) is 29.7. The highest BCUT2D eigenvalue weighted by Crippen LogP contribution is 2.43. The molecule has 3 heteroatoms. The molecule has 0 bridgehead atoms. The Morgan fingerprint density at radius 2 is 0.964 bits per heavy atom. The lowest BCUT2D eigenvalue weighted by Crippen LogP contribution is -1.93. The van der Waals surface area contributed by atoms with Crippen molar-refractivity contribution >= 4 is 54.1 Å². The minimum Gasteiger partial charge on any atom is -0.309 e. The maximum atomic E-state index is 9.70. The molecular formula is C52H31N3. The Morgan fingerprint density at radius 1 is 0.400 bits per heavy atom. The van der Waals surface area contributed by atoms with Crippen molar-refractivity contribution < 1.29 is 0 Å². The second-order valence-corrected chi connectivity index (χ2v) is 14.2. The van der Waals surface area contributed by atoms with E-state index in [1.54, 1.807) is 0 Å². The third-order valence-electron chi connectivity index (χ3n) is 11.2. The first-order valence-electron chi connectivity index (χ1n) is 18.6. The van der Waals surface area contributed by atoms with E-state index >= 15 is 0 Å². The Balaban J connectivity index is 1.02. The summed E-state index contributed by atoms with van der Waals surface area (Å²) in [6, 6.07) is 69.1. The number of fused-ring (bicyclic) bond motifs is 3. The number of aromatic nitrogens is 2. The second kappa shape index (κ2) is 12.3. The van der Waals surface area contributed by atoms with Crippen LogP contribution in [0.2, 0.25) is 0 Å². The molecule has 0 aliphatic heterocycles. The molecule has 9 aromatic carbocycles. The quantitative estimate of drug-likeness (QED) is 0.168. The van der Waals surface area contributed by atoms with Gasteiger partial charge in [0.25, 0.3) is 0 Å². The summed E-state index contributed by atoms with van der Waals surface area (Å²) in [5.41, 5.74) is 12.8. The fraction of sp³-hybridized carbons (Fsp3) is 0. The van der Waals surface area contributed by atoms with Crippen LogP contribution in [0.25, 0.3) is 105 Å². The summed E-state index contributed by atoms with van der Waals surface area (Å²) in [6.07, 6.45) is 0. The topological polar surface area (TPSA) is 41.6 Å². The molecule has 0 atom stereocenters. The van der Waals surface area contributed by atoms with Crippen LogP contribution >= 0.6 is 0 Å². The van der Waals surface area contributed by atoms with E-state index in [0.29, 0.717) is 5.56 Å². The van der Waals surface area contributed by atoms with Crippen LogP contribution in [0.5, 0.6) is 0 Å². The van der Waals surface area contributed by atoms with Gasteiger partial charge < -0.3 is 4.57 Å². The fourth-order valence-corrected chi connectivity index (χ4v) is 8.60. The first-order valence-corrected chi connectivity index (χ1v) is 18.6. The molecule has 0 amide bonds. The highest BCUT2D eigenvalue weighted by atomic mass is 15.0. The van der Waals surface area contributed by atoms with Gasteiger partial charge in [0.1, 0.15) is 0 Å². The summed E-state index contributed by atoms with van der Waals surface area (Å²) < 4.78 is 2.27. The largest absolute Gasteiger partial charge is 0.309 e. The van der Waals surface area contributed by atoms with Crippen molar-refractivity contribution in [2.75, 3.05) is 0 Å². The summed E-state index contributed by atoms with van der Waals surface area (Å²) in [5.74, 6) is 0. The third-order valence-corrected chi connectivity index (χ3v) is 11.2. The van der Waals surface area contributed by atoms with E-state index in [1.807, 2.05) is 24.3 Å². The maximum Gasteiger partial charge on any atom is 0.0992 e. The Labute approximate surface area is 318 Å². The van der Waals surface area contributed by atoms with Crippen LogP contribution < -0.4 is 0 Å². The lowest BCUT2D eigenvalue weighted by atomic mass is 9.87. The average Bonchev–Trinajstić information content (AvgIpc) is 3.59. The van der Waals surface area contributed by atoms with E-state index in [0.717, 1.165) is 55.7 Å². The second-order valence-electron chi connectivity index (χ2n) is 14.2. The lowest BCUT2D eigenvalue weighted by molar-refractivity contribution is 1.18. The van der Waals surface area contributed by atoms with Crippen LogP contribution in [0.4, 0.5) is 0 Å². The molecular weight excluding hydrogens is 667 g/mol. The summed E-state index contributed by atoms with van der Waals surface area (Å²) in [5, 5.41) is 19.5. The molecule has 11 aromatic rings. The SMILES string of the molecule is N#Cc1ccc2c3ccc(-c4ccc(-c5ccc6ccc7c(-c8cccc(-c9ccccc9)n8)ccc8ccc5c6c87)cc4)cc3n(-c3ccccc3)c2c1. The van der Waals surface area contributed by atoms with Crippen molar-refractivity contribution in [3.8, 4) is 56.5 Å². The Morgan fingerprint density at radius 3 is 1.69 bits per heavy atom. The molecule has 254 valence electrons. The van der Waals surface area contributed by atoms with Crippen LogP contribution in [0.3, 0.4) is 0 Å². The molecule has 0 fully saturated rings. The van der Waals surface area contributed by atoms with Crippen LogP contribution in [-0.2, 0) is 0 Å². The first-order chi connectivity index (χ1) is 27.2. The average molecular weight is 698 g/mol. The number of hydrogen-bond donors (Lipinski definition) is 0. The van der Waals surface area contributed by atoms with Gasteiger partial charge in [-0.05, 0) is 97.0 Å². The molecule has 55 heavy (non-hydrogen) atoms. The first kappa shape index (κ1) is 31.0. The van der Waals surface area contributed by atoms with Crippen LogP contribution in [0.15, 0.2) is 188 Å². The lowest BCUT2D eigenvalue weighted by Gasteiger charge is -2.16. The number of nitriles is 1. The molecule has 11 rings (SSSR count). The molecule has 0 unspecified atom stereocenters. The molecule has 3 nitrogen and oxygen atoms in total. The van der Waals surface area contributed by atoms with Gasteiger partial charge in [-0.3, -0.25) is 0 Å². The van der Waals surface area contributed by atoms with Gasteiger partial charge in [0, 0.05) is 27.6 Å². The third kappa shape index (κ3) is 4.93. The highest BCUT2D eigenvalue weighted by Gasteiger charge is 2.17. The molecule has 0 spiro atoms.